The minimum Gasteiger partial charge on any atom is -0.325 e. The van der Waals surface area contributed by atoms with Crippen molar-refractivity contribution >= 4 is 24.0 Å². The average molecular weight is 306 g/mol. The van der Waals surface area contributed by atoms with E-state index in [1.54, 1.807) is 12.5 Å². The molecule has 0 saturated carbocycles. The monoisotopic (exact) mass is 305 g/mol. The minimum atomic E-state index is 0. The Labute approximate surface area is 131 Å². The maximum atomic E-state index is 4.38. The van der Waals surface area contributed by atoms with Crippen LogP contribution in [0, 0.1) is 5.92 Å². The zero-order valence-electron chi connectivity index (χ0n) is 11.8. The fraction of sp³-hybridized carbons (Fsp3) is 0.400. The highest BCUT2D eigenvalue weighted by atomic mass is 35.5. The zero-order valence-corrected chi connectivity index (χ0v) is 12.6. The molecule has 0 aromatic carbocycles. The van der Waals surface area contributed by atoms with Gasteiger partial charge in [-0.05, 0) is 50.4 Å². The van der Waals surface area contributed by atoms with Gasteiger partial charge in [0, 0.05) is 18.0 Å². The third kappa shape index (κ3) is 4.65. The van der Waals surface area contributed by atoms with Crippen molar-refractivity contribution in [2.75, 3.05) is 18.4 Å². The Morgan fingerprint density at radius 1 is 1.10 bits per heavy atom. The van der Waals surface area contributed by atoms with Gasteiger partial charge in [-0.2, -0.15) is 0 Å². The second-order valence-corrected chi connectivity index (χ2v) is 5.13. The van der Waals surface area contributed by atoms with Crippen LogP contribution in [0.5, 0.6) is 0 Å². The summed E-state index contributed by atoms with van der Waals surface area (Å²) in [6.45, 7) is 2.24. The summed E-state index contributed by atoms with van der Waals surface area (Å²) in [5, 5.41) is 6.60. The Bertz CT molecular complexity index is 543. The van der Waals surface area contributed by atoms with Crippen molar-refractivity contribution in [3.8, 4) is 0 Å². The van der Waals surface area contributed by atoms with Crippen LogP contribution in [0.15, 0.2) is 36.8 Å². The predicted octanol–water partition coefficient (Wildman–Crippen LogP) is 2.58. The Morgan fingerprint density at radius 2 is 1.95 bits per heavy atom. The molecule has 0 amide bonds. The average Bonchev–Trinajstić information content (AvgIpc) is 2.50. The second-order valence-electron chi connectivity index (χ2n) is 5.13. The number of piperidine rings is 1. The van der Waals surface area contributed by atoms with Gasteiger partial charge in [-0.3, -0.25) is 0 Å². The molecule has 0 bridgehead atoms. The lowest BCUT2D eigenvalue weighted by molar-refractivity contribution is 0.370. The summed E-state index contributed by atoms with van der Waals surface area (Å²) in [5.74, 6) is 2.34. The van der Waals surface area contributed by atoms with Gasteiger partial charge in [-0.1, -0.05) is 6.07 Å². The van der Waals surface area contributed by atoms with Crippen molar-refractivity contribution in [3.05, 3.63) is 42.5 Å². The summed E-state index contributed by atoms with van der Waals surface area (Å²) in [4.78, 5) is 12.9. The van der Waals surface area contributed by atoms with Gasteiger partial charge in [0.05, 0.1) is 0 Å². The number of aromatic nitrogens is 3. The minimum absolute atomic E-state index is 0. The van der Waals surface area contributed by atoms with Crippen molar-refractivity contribution in [2.45, 2.75) is 19.3 Å². The van der Waals surface area contributed by atoms with E-state index in [4.69, 9.17) is 0 Å². The van der Waals surface area contributed by atoms with Crippen LogP contribution in [0.4, 0.5) is 11.6 Å². The molecule has 6 heteroatoms. The molecule has 3 heterocycles. The lowest BCUT2D eigenvalue weighted by atomic mass is 9.93. The van der Waals surface area contributed by atoms with E-state index in [-0.39, 0.29) is 12.4 Å². The maximum Gasteiger partial charge on any atom is 0.135 e. The van der Waals surface area contributed by atoms with Crippen molar-refractivity contribution in [2.24, 2.45) is 5.92 Å². The highest BCUT2D eigenvalue weighted by molar-refractivity contribution is 5.85. The molecular formula is C15H20ClN5. The van der Waals surface area contributed by atoms with Crippen LogP contribution >= 0.6 is 12.4 Å². The van der Waals surface area contributed by atoms with Crippen LogP contribution in [0.3, 0.4) is 0 Å². The highest BCUT2D eigenvalue weighted by Gasteiger charge is 2.14. The summed E-state index contributed by atoms with van der Waals surface area (Å²) < 4.78 is 0. The zero-order chi connectivity index (χ0) is 13.6. The molecule has 2 aromatic rings. The van der Waals surface area contributed by atoms with Gasteiger partial charge in [0.2, 0.25) is 0 Å². The topological polar surface area (TPSA) is 62.7 Å². The van der Waals surface area contributed by atoms with E-state index in [2.05, 4.69) is 25.6 Å². The quantitative estimate of drug-likeness (QED) is 0.909. The molecule has 1 fully saturated rings. The summed E-state index contributed by atoms with van der Waals surface area (Å²) in [7, 11) is 0. The Hall–Kier alpha value is -1.72. The van der Waals surface area contributed by atoms with Crippen molar-refractivity contribution in [1.82, 2.24) is 20.3 Å². The van der Waals surface area contributed by atoms with Gasteiger partial charge in [-0.15, -0.1) is 12.4 Å². The van der Waals surface area contributed by atoms with E-state index in [1.165, 1.54) is 12.8 Å². The number of halogens is 1. The molecule has 0 radical (unpaired) electrons. The normalized spacial score (nSPS) is 15.2. The van der Waals surface area contributed by atoms with E-state index in [0.29, 0.717) is 0 Å². The fourth-order valence-electron chi connectivity index (χ4n) is 2.53. The fourth-order valence-corrected chi connectivity index (χ4v) is 2.53. The lowest BCUT2D eigenvalue weighted by Crippen LogP contribution is -2.28. The first-order valence-corrected chi connectivity index (χ1v) is 7.10. The smallest absolute Gasteiger partial charge is 0.135 e. The van der Waals surface area contributed by atoms with E-state index >= 15 is 0 Å². The molecule has 21 heavy (non-hydrogen) atoms. The Morgan fingerprint density at radius 3 is 2.71 bits per heavy atom. The summed E-state index contributed by atoms with van der Waals surface area (Å²) in [5.41, 5.74) is 1.10. The molecule has 0 unspecified atom stereocenters. The van der Waals surface area contributed by atoms with Crippen LogP contribution < -0.4 is 10.6 Å². The molecule has 112 valence electrons. The van der Waals surface area contributed by atoms with E-state index in [9.17, 15) is 0 Å². The van der Waals surface area contributed by atoms with Crippen molar-refractivity contribution < 1.29 is 0 Å². The van der Waals surface area contributed by atoms with Gasteiger partial charge >= 0.3 is 0 Å². The molecule has 0 atom stereocenters. The molecule has 3 rings (SSSR count). The number of hydrogen-bond acceptors (Lipinski definition) is 5. The van der Waals surface area contributed by atoms with Crippen LogP contribution in [0.1, 0.15) is 18.5 Å². The first kappa shape index (κ1) is 15.7. The first-order chi connectivity index (χ1) is 9.90. The van der Waals surface area contributed by atoms with Gasteiger partial charge < -0.3 is 10.6 Å². The lowest BCUT2D eigenvalue weighted by Gasteiger charge is -2.22. The molecule has 2 aromatic heterocycles. The molecule has 1 aliphatic heterocycles. The second kappa shape index (κ2) is 7.90. The summed E-state index contributed by atoms with van der Waals surface area (Å²) in [6, 6.07) is 7.80. The van der Waals surface area contributed by atoms with Crippen molar-refractivity contribution in [1.29, 1.82) is 0 Å². The Balaban J connectivity index is 0.00000161. The molecule has 5 nitrogen and oxygen atoms in total. The number of nitrogens with zero attached hydrogens (tertiary/aromatic N) is 3. The molecule has 0 aliphatic carbocycles. The summed E-state index contributed by atoms with van der Waals surface area (Å²) >= 11 is 0. The molecule has 0 spiro atoms. The molecule has 2 N–H and O–H groups in total. The standard InChI is InChI=1S/C15H19N5.ClH/c1-2-6-17-14(3-1)20-15-10-13(18-11-19-15)9-12-4-7-16-8-5-12;/h1-3,6,10-12,16H,4-5,7-9H2,(H,17,18,19,20);1H. The van der Waals surface area contributed by atoms with E-state index in [0.717, 1.165) is 42.8 Å². The van der Waals surface area contributed by atoms with Gasteiger partial charge in [0.25, 0.3) is 0 Å². The molecule has 1 saturated heterocycles. The van der Waals surface area contributed by atoms with Crippen LogP contribution in [0.25, 0.3) is 0 Å². The number of rotatable bonds is 4. The SMILES string of the molecule is Cl.c1ccc(Nc2cc(CC3CCNCC3)ncn2)nc1. The van der Waals surface area contributed by atoms with Crippen LogP contribution in [-0.2, 0) is 6.42 Å². The number of nitrogens with one attached hydrogen (secondary N) is 2. The van der Waals surface area contributed by atoms with Gasteiger partial charge in [0.1, 0.15) is 18.0 Å². The van der Waals surface area contributed by atoms with Gasteiger partial charge in [0.15, 0.2) is 0 Å². The Kier molecular flexibility index (Phi) is 5.90. The summed E-state index contributed by atoms with van der Waals surface area (Å²) in [6.07, 6.45) is 6.88. The first-order valence-electron chi connectivity index (χ1n) is 7.10. The van der Waals surface area contributed by atoms with Gasteiger partial charge in [-0.25, -0.2) is 15.0 Å². The highest BCUT2D eigenvalue weighted by Crippen LogP contribution is 2.18. The largest absolute Gasteiger partial charge is 0.325 e. The van der Waals surface area contributed by atoms with Crippen LogP contribution in [0.2, 0.25) is 0 Å². The van der Waals surface area contributed by atoms with Crippen LogP contribution in [-0.4, -0.2) is 28.0 Å². The van der Waals surface area contributed by atoms with E-state index < -0.39 is 0 Å². The van der Waals surface area contributed by atoms with Crippen molar-refractivity contribution in [3.63, 3.8) is 0 Å². The number of hydrogen-bond donors (Lipinski definition) is 2. The predicted molar refractivity (Wildman–Crippen MR) is 86.1 cm³/mol. The third-order valence-electron chi connectivity index (χ3n) is 3.60. The third-order valence-corrected chi connectivity index (χ3v) is 3.60. The van der Waals surface area contributed by atoms with E-state index in [1.807, 2.05) is 24.3 Å². The number of anilines is 2. The molecule has 1 aliphatic rings. The maximum absolute atomic E-state index is 4.38. The molecular weight excluding hydrogens is 286 g/mol. The number of pyridine rings is 1.